The number of hydrogen-bond donors (Lipinski definition) is 4. The van der Waals surface area contributed by atoms with Crippen LogP contribution >= 0.6 is 11.8 Å². The summed E-state index contributed by atoms with van der Waals surface area (Å²) in [5.74, 6) is -2.58. The number of carbonyl (C=O) groups excluding carboxylic acids is 1. The van der Waals surface area contributed by atoms with Crippen molar-refractivity contribution >= 4 is 41.0 Å². The van der Waals surface area contributed by atoms with Gasteiger partial charge in [0.05, 0.1) is 16.3 Å². The molecule has 1 amide bonds. The number of nitrogens with two attached hydrogens (primary N) is 2. The predicted molar refractivity (Wildman–Crippen MR) is 129 cm³/mol. The van der Waals surface area contributed by atoms with Crippen molar-refractivity contribution in [1.82, 2.24) is 4.98 Å². The third-order valence-corrected chi connectivity index (χ3v) is 5.31. The molecule has 0 aliphatic rings. The summed E-state index contributed by atoms with van der Waals surface area (Å²) in [5, 5.41) is 10.4. The van der Waals surface area contributed by atoms with E-state index in [1.54, 1.807) is 36.4 Å². The highest BCUT2D eigenvalue weighted by Gasteiger charge is 2.38. The molecule has 0 bridgehead atoms. The van der Waals surface area contributed by atoms with Crippen molar-refractivity contribution < 1.29 is 41.0 Å². The highest BCUT2D eigenvalue weighted by Crippen LogP contribution is 2.30. The third kappa shape index (κ3) is 10.0. The number of rotatable bonds is 6. The average Bonchev–Trinajstić information content (AvgIpc) is 2.83. The van der Waals surface area contributed by atoms with Crippen LogP contribution in [0.5, 0.6) is 0 Å². The summed E-state index contributed by atoms with van der Waals surface area (Å²) >= 11 is 1.32. The molecule has 0 aliphatic carbocycles. The van der Waals surface area contributed by atoms with Gasteiger partial charge >= 0.3 is 18.3 Å². The van der Waals surface area contributed by atoms with Gasteiger partial charge in [-0.3, -0.25) is 4.79 Å². The minimum absolute atomic E-state index is 0.0652. The highest BCUT2D eigenvalue weighted by molar-refractivity contribution is 7.98. The molecule has 1 aromatic heterocycles. The van der Waals surface area contributed by atoms with Crippen LogP contribution in [0, 0.1) is 0 Å². The number of carboxylic acids is 1. The van der Waals surface area contributed by atoms with Crippen molar-refractivity contribution in [2.24, 2.45) is 16.5 Å². The number of pyridine rings is 1. The van der Waals surface area contributed by atoms with Gasteiger partial charge in [0.1, 0.15) is 0 Å². The molecule has 1 heterocycles. The molecule has 3 aromatic rings. The van der Waals surface area contributed by atoms with Crippen LogP contribution in [0.2, 0.25) is 0 Å². The lowest BCUT2D eigenvalue weighted by Crippen LogP contribution is -2.21. The number of amides is 1. The monoisotopic (exact) mass is 559 g/mol. The lowest BCUT2D eigenvalue weighted by atomic mass is 10.2. The molecule has 6 N–H and O–H groups in total. The number of halogens is 6. The molecule has 0 unspecified atom stereocenters. The van der Waals surface area contributed by atoms with E-state index in [1.807, 2.05) is 12.1 Å². The Bertz CT molecular complexity index is 1260. The number of aliphatic imine (C=N–C) groups is 1. The molecule has 0 saturated carbocycles. The van der Waals surface area contributed by atoms with Gasteiger partial charge in [-0.1, -0.05) is 12.1 Å². The maximum absolute atomic E-state index is 12.6. The Kier molecular flexibility index (Phi) is 10.1. The van der Waals surface area contributed by atoms with E-state index in [9.17, 15) is 31.1 Å². The van der Waals surface area contributed by atoms with E-state index in [-0.39, 0.29) is 11.9 Å². The second-order valence-electron chi connectivity index (χ2n) is 7.21. The zero-order valence-electron chi connectivity index (χ0n) is 19.0. The van der Waals surface area contributed by atoms with Crippen molar-refractivity contribution in [3.63, 3.8) is 0 Å². The fraction of sp³-hybridized carbons (Fsp3) is 0.130. The lowest BCUT2D eigenvalue weighted by Gasteiger charge is -2.08. The van der Waals surface area contributed by atoms with E-state index in [1.165, 1.54) is 17.8 Å². The van der Waals surface area contributed by atoms with E-state index < -0.39 is 23.9 Å². The van der Waals surface area contributed by atoms with Crippen LogP contribution in [0.25, 0.3) is 0 Å². The Labute approximate surface area is 215 Å². The summed E-state index contributed by atoms with van der Waals surface area (Å²) in [6.07, 6.45) is -8.66. The molecule has 3 rings (SSSR count). The SMILES string of the molecule is NC(N)=Nc1ccc(C(=O)Nc2ccc(CSc3ccc(C(F)(F)F)cn3)cc2)cc1.O=C(O)C(F)(F)F. The van der Waals surface area contributed by atoms with E-state index in [0.717, 1.165) is 17.8 Å². The molecular formula is C23H19F6N5O3S. The first kappa shape index (κ1) is 30.0. The van der Waals surface area contributed by atoms with Gasteiger partial charge in [0.25, 0.3) is 5.91 Å². The molecule has 15 heteroatoms. The first-order valence-electron chi connectivity index (χ1n) is 10.2. The second-order valence-corrected chi connectivity index (χ2v) is 8.20. The Morgan fingerprint density at radius 2 is 1.50 bits per heavy atom. The minimum atomic E-state index is -5.08. The lowest BCUT2D eigenvalue weighted by molar-refractivity contribution is -0.192. The van der Waals surface area contributed by atoms with Crippen LogP contribution in [0.15, 0.2) is 76.9 Å². The molecule has 0 fully saturated rings. The first-order chi connectivity index (χ1) is 17.6. The van der Waals surface area contributed by atoms with Gasteiger partial charge in [0, 0.05) is 23.2 Å². The molecule has 202 valence electrons. The molecule has 0 spiro atoms. The Balaban J connectivity index is 0.000000638. The topological polar surface area (TPSA) is 144 Å². The summed E-state index contributed by atoms with van der Waals surface area (Å²) in [4.78, 5) is 29.0. The number of aromatic nitrogens is 1. The molecule has 0 aliphatic heterocycles. The van der Waals surface area contributed by atoms with Crippen LogP contribution in [0.3, 0.4) is 0 Å². The molecule has 0 saturated heterocycles. The largest absolute Gasteiger partial charge is 0.490 e. The normalized spacial score (nSPS) is 11.1. The maximum atomic E-state index is 12.6. The fourth-order valence-corrected chi connectivity index (χ4v) is 3.31. The number of benzene rings is 2. The van der Waals surface area contributed by atoms with Crippen LogP contribution in [-0.4, -0.2) is 34.1 Å². The third-order valence-electron chi connectivity index (χ3n) is 4.29. The van der Waals surface area contributed by atoms with Crippen molar-refractivity contribution in [2.75, 3.05) is 5.32 Å². The summed E-state index contributed by atoms with van der Waals surface area (Å²) in [7, 11) is 0. The number of nitrogens with one attached hydrogen (secondary N) is 1. The zero-order valence-corrected chi connectivity index (χ0v) is 19.9. The fourth-order valence-electron chi connectivity index (χ4n) is 2.51. The summed E-state index contributed by atoms with van der Waals surface area (Å²) in [6, 6.07) is 16.0. The number of aliphatic carboxylic acids is 1. The number of carboxylic acid groups (broad SMARTS) is 1. The Morgan fingerprint density at radius 1 is 0.921 bits per heavy atom. The van der Waals surface area contributed by atoms with Crippen LogP contribution < -0.4 is 16.8 Å². The van der Waals surface area contributed by atoms with E-state index in [4.69, 9.17) is 21.4 Å². The van der Waals surface area contributed by atoms with E-state index in [2.05, 4.69) is 15.3 Å². The van der Waals surface area contributed by atoms with Gasteiger partial charge in [-0.2, -0.15) is 26.3 Å². The summed E-state index contributed by atoms with van der Waals surface area (Å²) in [5.41, 5.74) is 12.4. The summed E-state index contributed by atoms with van der Waals surface area (Å²) < 4.78 is 69.5. The molecule has 2 aromatic carbocycles. The number of thioether (sulfide) groups is 1. The predicted octanol–water partition coefficient (Wildman–Crippen LogP) is 5.18. The number of guanidine groups is 1. The molecular weight excluding hydrogens is 540 g/mol. The molecule has 38 heavy (non-hydrogen) atoms. The average molecular weight is 559 g/mol. The number of anilines is 1. The standard InChI is InChI=1S/C21H18F3N5OS.C2HF3O2/c22-21(23,24)15-5-10-18(27-11-15)31-12-13-1-6-16(7-2-13)28-19(30)14-3-8-17(9-4-14)29-20(25)26;3-2(4,5)1(6)7/h1-11H,12H2,(H,28,30)(H4,25,26,29);(H,6,7). The van der Waals surface area contributed by atoms with Gasteiger partial charge in [0.15, 0.2) is 5.96 Å². The van der Waals surface area contributed by atoms with Gasteiger partial charge in [0.2, 0.25) is 0 Å². The van der Waals surface area contributed by atoms with Crippen molar-refractivity contribution in [1.29, 1.82) is 0 Å². The number of carbonyl (C=O) groups is 2. The first-order valence-corrected chi connectivity index (χ1v) is 11.2. The Morgan fingerprint density at radius 3 is 1.95 bits per heavy atom. The van der Waals surface area contributed by atoms with Crippen LogP contribution in [-0.2, 0) is 16.7 Å². The van der Waals surface area contributed by atoms with Gasteiger partial charge in [-0.15, -0.1) is 11.8 Å². The smallest absolute Gasteiger partial charge is 0.475 e. The number of alkyl halides is 6. The van der Waals surface area contributed by atoms with Gasteiger partial charge < -0.3 is 21.9 Å². The van der Waals surface area contributed by atoms with E-state index in [0.29, 0.717) is 27.7 Å². The molecule has 8 nitrogen and oxygen atoms in total. The van der Waals surface area contributed by atoms with Gasteiger partial charge in [-0.05, 0) is 54.1 Å². The molecule has 0 atom stereocenters. The maximum Gasteiger partial charge on any atom is 0.490 e. The Hall–Kier alpha value is -4.27. The van der Waals surface area contributed by atoms with Gasteiger partial charge in [-0.25, -0.2) is 14.8 Å². The van der Waals surface area contributed by atoms with Crippen molar-refractivity contribution in [3.8, 4) is 0 Å². The van der Waals surface area contributed by atoms with Crippen LogP contribution in [0.4, 0.5) is 37.7 Å². The summed E-state index contributed by atoms with van der Waals surface area (Å²) in [6.45, 7) is 0. The number of hydrogen-bond acceptors (Lipinski definition) is 5. The van der Waals surface area contributed by atoms with Crippen molar-refractivity contribution in [2.45, 2.75) is 23.1 Å². The minimum Gasteiger partial charge on any atom is -0.475 e. The van der Waals surface area contributed by atoms with Crippen LogP contribution in [0.1, 0.15) is 21.5 Å². The van der Waals surface area contributed by atoms with E-state index >= 15 is 0 Å². The second kappa shape index (κ2) is 12.8. The van der Waals surface area contributed by atoms with Crippen molar-refractivity contribution in [3.05, 3.63) is 83.6 Å². The zero-order chi connectivity index (χ0) is 28.5. The highest BCUT2D eigenvalue weighted by atomic mass is 32.2. The quantitative estimate of drug-likeness (QED) is 0.141. The molecule has 0 radical (unpaired) electrons. The number of nitrogens with zero attached hydrogens (tertiary/aromatic N) is 2.